The van der Waals surface area contributed by atoms with Crippen LogP contribution in [0.25, 0.3) is 0 Å². The van der Waals surface area contributed by atoms with Crippen molar-refractivity contribution in [1.29, 1.82) is 0 Å². The van der Waals surface area contributed by atoms with E-state index in [2.05, 4.69) is 20.9 Å². The number of rotatable bonds is 0. The van der Waals surface area contributed by atoms with Gasteiger partial charge in [-0.05, 0) is 15.9 Å². The summed E-state index contributed by atoms with van der Waals surface area (Å²) < 4.78 is 3.71. The van der Waals surface area contributed by atoms with Crippen molar-refractivity contribution in [2.75, 3.05) is 0 Å². The lowest BCUT2D eigenvalue weighted by atomic mass is 10.8. The maximum Gasteiger partial charge on any atom is 0.266 e. The SMILES string of the molecule is ClC(Cl)(Cl)c1nc(Br)co1. The van der Waals surface area contributed by atoms with Crippen molar-refractivity contribution in [3.05, 3.63) is 16.8 Å². The van der Waals surface area contributed by atoms with Crippen LogP contribution in [0.2, 0.25) is 0 Å². The molecule has 0 aliphatic rings. The highest BCUT2D eigenvalue weighted by molar-refractivity contribution is 9.10. The molecule has 0 N–H and O–H groups in total. The molecule has 0 bridgehead atoms. The summed E-state index contributed by atoms with van der Waals surface area (Å²) in [7, 11) is 0. The van der Waals surface area contributed by atoms with Gasteiger partial charge in [0.1, 0.15) is 10.9 Å². The third kappa shape index (κ3) is 2.02. The first-order valence-corrected chi connectivity index (χ1v) is 4.11. The van der Waals surface area contributed by atoms with Gasteiger partial charge in [0.05, 0.1) is 0 Å². The molecule has 0 aromatic carbocycles. The minimum Gasteiger partial charge on any atom is -0.444 e. The van der Waals surface area contributed by atoms with Gasteiger partial charge < -0.3 is 4.42 Å². The van der Waals surface area contributed by atoms with Crippen LogP contribution in [0.15, 0.2) is 15.3 Å². The van der Waals surface area contributed by atoms with Crippen molar-refractivity contribution in [2.45, 2.75) is 3.79 Å². The summed E-state index contributed by atoms with van der Waals surface area (Å²) in [4.78, 5) is 3.74. The predicted molar refractivity (Wildman–Crippen MR) is 43.4 cm³/mol. The van der Waals surface area contributed by atoms with Crippen LogP contribution >= 0.6 is 50.7 Å². The molecule has 0 saturated heterocycles. The molecule has 0 atom stereocenters. The lowest BCUT2D eigenvalue weighted by Crippen LogP contribution is -1.99. The molecule has 10 heavy (non-hydrogen) atoms. The van der Waals surface area contributed by atoms with E-state index in [0.717, 1.165) is 0 Å². The monoisotopic (exact) mass is 263 g/mol. The highest BCUT2D eigenvalue weighted by atomic mass is 79.9. The largest absolute Gasteiger partial charge is 0.444 e. The Labute approximate surface area is 80.6 Å². The van der Waals surface area contributed by atoms with Crippen molar-refractivity contribution >= 4 is 50.7 Å². The van der Waals surface area contributed by atoms with E-state index in [1.165, 1.54) is 6.26 Å². The Bertz CT molecular complexity index is 231. The molecule has 1 rings (SSSR count). The molecule has 2 nitrogen and oxygen atoms in total. The van der Waals surface area contributed by atoms with Crippen LogP contribution in [0.4, 0.5) is 0 Å². The predicted octanol–water partition coefficient (Wildman–Crippen LogP) is 3.26. The van der Waals surface area contributed by atoms with E-state index in [1.807, 2.05) is 0 Å². The van der Waals surface area contributed by atoms with Gasteiger partial charge in [-0.2, -0.15) is 0 Å². The third-order valence-corrected chi connectivity index (χ3v) is 1.57. The summed E-state index contributed by atoms with van der Waals surface area (Å²) in [6.07, 6.45) is 1.34. The van der Waals surface area contributed by atoms with Crippen molar-refractivity contribution in [1.82, 2.24) is 4.98 Å². The molecule has 1 aromatic heterocycles. The zero-order valence-electron chi connectivity index (χ0n) is 4.44. The Morgan fingerprint density at radius 2 is 2.10 bits per heavy atom. The fourth-order valence-corrected chi connectivity index (χ4v) is 0.899. The van der Waals surface area contributed by atoms with Crippen LogP contribution in [0.1, 0.15) is 5.89 Å². The summed E-state index contributed by atoms with van der Waals surface area (Å²) in [5.74, 6) is 0.0596. The topological polar surface area (TPSA) is 26.0 Å². The van der Waals surface area contributed by atoms with E-state index < -0.39 is 3.79 Å². The van der Waals surface area contributed by atoms with Crippen LogP contribution in [0, 0.1) is 0 Å². The van der Waals surface area contributed by atoms with E-state index in [-0.39, 0.29) is 5.89 Å². The Kier molecular flexibility index (Phi) is 2.50. The average molecular weight is 265 g/mol. The minimum atomic E-state index is -1.58. The lowest BCUT2D eigenvalue weighted by Gasteiger charge is -2.02. The second-order valence-corrected chi connectivity index (χ2v) is 4.57. The molecule has 0 unspecified atom stereocenters. The molecule has 0 fully saturated rings. The molecule has 56 valence electrons. The van der Waals surface area contributed by atoms with Gasteiger partial charge in [-0.1, -0.05) is 34.8 Å². The molecule has 0 saturated carbocycles. The number of alkyl halides is 3. The Hall–Kier alpha value is 0.560. The number of hydrogen-bond donors (Lipinski definition) is 0. The lowest BCUT2D eigenvalue weighted by molar-refractivity contribution is 0.503. The summed E-state index contributed by atoms with van der Waals surface area (Å²) in [6.45, 7) is 0. The summed E-state index contributed by atoms with van der Waals surface area (Å²) >= 11 is 19.3. The van der Waals surface area contributed by atoms with Gasteiger partial charge in [0, 0.05) is 0 Å². The first kappa shape index (κ1) is 8.65. The van der Waals surface area contributed by atoms with Crippen molar-refractivity contribution in [2.24, 2.45) is 0 Å². The molecular weight excluding hydrogens is 264 g/mol. The minimum absolute atomic E-state index is 0.0596. The Morgan fingerprint density at radius 3 is 2.30 bits per heavy atom. The second kappa shape index (κ2) is 2.89. The molecule has 0 radical (unpaired) electrons. The second-order valence-electron chi connectivity index (χ2n) is 1.47. The van der Waals surface area contributed by atoms with Gasteiger partial charge in [-0.3, -0.25) is 0 Å². The van der Waals surface area contributed by atoms with Crippen molar-refractivity contribution < 1.29 is 4.42 Å². The zero-order valence-corrected chi connectivity index (χ0v) is 8.30. The van der Waals surface area contributed by atoms with Crippen LogP contribution in [0.5, 0.6) is 0 Å². The first-order chi connectivity index (χ1) is 4.50. The standard InChI is InChI=1S/C4HBrCl3NO/c5-2-1-10-3(9-2)4(6,7)8/h1H. The van der Waals surface area contributed by atoms with E-state index in [1.54, 1.807) is 0 Å². The van der Waals surface area contributed by atoms with Gasteiger partial charge in [0.15, 0.2) is 0 Å². The van der Waals surface area contributed by atoms with E-state index in [9.17, 15) is 0 Å². The van der Waals surface area contributed by atoms with Crippen molar-refractivity contribution in [3.8, 4) is 0 Å². The molecule has 1 heterocycles. The molecule has 0 aliphatic heterocycles. The quantitative estimate of drug-likeness (QED) is 0.673. The number of oxazole rings is 1. The Balaban J connectivity index is 2.96. The normalized spacial score (nSPS) is 12.0. The summed E-state index contributed by atoms with van der Waals surface area (Å²) in [5, 5.41) is 0. The van der Waals surface area contributed by atoms with Crippen LogP contribution in [-0.2, 0) is 3.79 Å². The highest BCUT2D eigenvalue weighted by Crippen LogP contribution is 2.37. The first-order valence-electron chi connectivity index (χ1n) is 2.18. The molecule has 0 spiro atoms. The third-order valence-electron chi connectivity index (χ3n) is 0.719. The van der Waals surface area contributed by atoms with Crippen LogP contribution in [-0.4, -0.2) is 4.98 Å². The van der Waals surface area contributed by atoms with Gasteiger partial charge in [0.25, 0.3) is 3.79 Å². The van der Waals surface area contributed by atoms with E-state index in [0.29, 0.717) is 4.60 Å². The molecule has 1 aromatic rings. The molecule has 0 aliphatic carbocycles. The van der Waals surface area contributed by atoms with Gasteiger partial charge >= 0.3 is 0 Å². The van der Waals surface area contributed by atoms with Gasteiger partial charge in [-0.25, -0.2) is 4.98 Å². The maximum atomic E-state index is 5.43. The van der Waals surface area contributed by atoms with E-state index >= 15 is 0 Å². The molecular formula is C4HBrCl3NO. The number of nitrogens with zero attached hydrogens (tertiary/aromatic N) is 1. The maximum absolute atomic E-state index is 5.43. The van der Waals surface area contributed by atoms with Crippen molar-refractivity contribution in [3.63, 3.8) is 0 Å². The van der Waals surface area contributed by atoms with E-state index in [4.69, 9.17) is 39.2 Å². The van der Waals surface area contributed by atoms with Gasteiger partial charge in [-0.15, -0.1) is 0 Å². The van der Waals surface area contributed by atoms with Crippen LogP contribution in [0.3, 0.4) is 0 Å². The fraction of sp³-hybridized carbons (Fsp3) is 0.250. The number of hydrogen-bond acceptors (Lipinski definition) is 2. The summed E-state index contributed by atoms with van der Waals surface area (Å²) in [6, 6.07) is 0. The van der Waals surface area contributed by atoms with Crippen LogP contribution < -0.4 is 0 Å². The molecule has 0 amide bonds. The van der Waals surface area contributed by atoms with Gasteiger partial charge in [0.2, 0.25) is 5.89 Å². The smallest absolute Gasteiger partial charge is 0.266 e. The summed E-state index contributed by atoms with van der Waals surface area (Å²) in [5.41, 5.74) is 0. The zero-order chi connectivity index (χ0) is 7.78. The fourth-order valence-electron chi connectivity index (χ4n) is 0.384. The highest BCUT2D eigenvalue weighted by Gasteiger charge is 2.28. The average Bonchev–Trinajstić information content (AvgIpc) is 2.11. The number of aromatic nitrogens is 1. The molecule has 6 heteroatoms. The number of halogens is 4. The Morgan fingerprint density at radius 1 is 1.50 bits per heavy atom.